The SMILES string of the molecule is CN(CC1CCCN2CCCCC12)C(=O)CCn1cnc2ccccc2c1=O. The van der Waals surface area contributed by atoms with E-state index < -0.39 is 0 Å². The van der Waals surface area contributed by atoms with Crippen molar-refractivity contribution in [1.29, 1.82) is 0 Å². The Morgan fingerprint density at radius 1 is 1.18 bits per heavy atom. The van der Waals surface area contributed by atoms with E-state index in [1.54, 1.807) is 17.0 Å². The Balaban J connectivity index is 1.36. The predicted octanol–water partition coefficient (Wildman–Crippen LogP) is 2.51. The summed E-state index contributed by atoms with van der Waals surface area (Å²) in [6.45, 7) is 3.64. The first-order valence-corrected chi connectivity index (χ1v) is 10.6. The monoisotopic (exact) mass is 382 g/mol. The molecule has 0 bridgehead atoms. The molecule has 3 heterocycles. The van der Waals surface area contributed by atoms with Gasteiger partial charge in [-0.25, -0.2) is 4.98 Å². The van der Waals surface area contributed by atoms with Crippen LogP contribution in [0, 0.1) is 5.92 Å². The lowest BCUT2D eigenvalue weighted by Gasteiger charge is -2.45. The van der Waals surface area contributed by atoms with E-state index >= 15 is 0 Å². The van der Waals surface area contributed by atoms with Crippen LogP contribution in [0.25, 0.3) is 10.9 Å². The Morgan fingerprint density at radius 2 is 2.00 bits per heavy atom. The minimum atomic E-state index is -0.0776. The van der Waals surface area contributed by atoms with Crippen LogP contribution in [0.2, 0.25) is 0 Å². The van der Waals surface area contributed by atoms with Crippen molar-refractivity contribution in [3.05, 3.63) is 40.9 Å². The van der Waals surface area contributed by atoms with Crippen molar-refractivity contribution in [2.75, 3.05) is 26.7 Å². The maximum Gasteiger partial charge on any atom is 0.261 e. The summed E-state index contributed by atoms with van der Waals surface area (Å²) in [5.41, 5.74) is 0.618. The molecule has 6 nitrogen and oxygen atoms in total. The average molecular weight is 383 g/mol. The summed E-state index contributed by atoms with van der Waals surface area (Å²) < 4.78 is 1.55. The summed E-state index contributed by atoms with van der Waals surface area (Å²) in [6.07, 6.45) is 8.23. The molecule has 2 aliphatic rings. The van der Waals surface area contributed by atoms with Gasteiger partial charge in [-0.15, -0.1) is 0 Å². The summed E-state index contributed by atoms with van der Waals surface area (Å²) in [4.78, 5) is 34.1. The standard InChI is InChI=1S/C22H30N4O2/c1-24(15-17-7-6-13-25-12-5-4-10-20(17)25)21(27)11-14-26-16-23-19-9-3-2-8-18(19)22(26)28/h2-3,8-9,16-17,20H,4-7,10-15H2,1H3. The van der Waals surface area contributed by atoms with Crippen molar-refractivity contribution >= 4 is 16.8 Å². The smallest absolute Gasteiger partial charge is 0.261 e. The van der Waals surface area contributed by atoms with Crippen LogP contribution >= 0.6 is 0 Å². The highest BCUT2D eigenvalue weighted by Gasteiger charge is 2.33. The molecule has 2 unspecified atom stereocenters. The first-order valence-electron chi connectivity index (χ1n) is 10.6. The molecule has 1 aromatic heterocycles. The summed E-state index contributed by atoms with van der Waals surface area (Å²) in [7, 11) is 1.91. The van der Waals surface area contributed by atoms with Crippen molar-refractivity contribution in [3.63, 3.8) is 0 Å². The maximum atomic E-state index is 12.7. The minimum absolute atomic E-state index is 0.0776. The van der Waals surface area contributed by atoms with Gasteiger partial charge in [0.05, 0.1) is 17.2 Å². The van der Waals surface area contributed by atoms with Crippen molar-refractivity contribution in [3.8, 4) is 0 Å². The van der Waals surface area contributed by atoms with Gasteiger partial charge in [0.2, 0.25) is 5.91 Å². The quantitative estimate of drug-likeness (QED) is 0.797. The molecule has 6 heteroatoms. The van der Waals surface area contributed by atoms with Crippen LogP contribution in [-0.2, 0) is 11.3 Å². The second-order valence-electron chi connectivity index (χ2n) is 8.29. The number of aryl methyl sites for hydroxylation is 1. The lowest BCUT2D eigenvalue weighted by Crippen LogP contribution is -2.51. The van der Waals surface area contributed by atoms with Gasteiger partial charge in [0.1, 0.15) is 0 Å². The number of piperidine rings is 2. The predicted molar refractivity (Wildman–Crippen MR) is 110 cm³/mol. The Labute approximate surface area is 166 Å². The topological polar surface area (TPSA) is 58.4 Å². The molecule has 150 valence electrons. The highest BCUT2D eigenvalue weighted by atomic mass is 16.2. The van der Waals surface area contributed by atoms with Gasteiger partial charge in [-0.2, -0.15) is 0 Å². The second kappa shape index (κ2) is 8.43. The maximum absolute atomic E-state index is 12.7. The lowest BCUT2D eigenvalue weighted by molar-refractivity contribution is -0.131. The number of carbonyl (C=O) groups is 1. The van der Waals surface area contributed by atoms with Crippen LogP contribution < -0.4 is 5.56 Å². The van der Waals surface area contributed by atoms with E-state index in [0.717, 1.165) is 6.54 Å². The van der Waals surface area contributed by atoms with Gasteiger partial charge in [-0.05, 0) is 56.8 Å². The van der Waals surface area contributed by atoms with E-state index in [4.69, 9.17) is 0 Å². The zero-order chi connectivity index (χ0) is 19.5. The normalized spacial score (nSPS) is 22.8. The molecular formula is C22H30N4O2. The zero-order valence-electron chi connectivity index (χ0n) is 16.7. The number of hydrogen-bond acceptors (Lipinski definition) is 4. The fraction of sp³-hybridized carbons (Fsp3) is 0.591. The summed E-state index contributed by atoms with van der Waals surface area (Å²) >= 11 is 0. The number of aromatic nitrogens is 2. The fourth-order valence-corrected chi connectivity index (χ4v) is 4.92. The molecule has 2 atom stereocenters. The van der Waals surface area contributed by atoms with Gasteiger partial charge < -0.3 is 9.80 Å². The molecule has 28 heavy (non-hydrogen) atoms. The number of rotatable bonds is 5. The molecule has 0 saturated carbocycles. The average Bonchev–Trinajstić information content (AvgIpc) is 2.73. The van der Waals surface area contributed by atoms with Crippen molar-refractivity contribution < 1.29 is 4.79 Å². The van der Waals surface area contributed by atoms with Crippen molar-refractivity contribution in [2.24, 2.45) is 5.92 Å². The molecule has 2 aromatic rings. The lowest BCUT2D eigenvalue weighted by atomic mass is 9.83. The molecule has 0 radical (unpaired) electrons. The van der Waals surface area contributed by atoms with Crippen LogP contribution in [0.3, 0.4) is 0 Å². The highest BCUT2D eigenvalue weighted by Crippen LogP contribution is 2.31. The van der Waals surface area contributed by atoms with Crippen LogP contribution in [-0.4, -0.2) is 58.0 Å². The molecule has 4 rings (SSSR count). The molecular weight excluding hydrogens is 352 g/mol. The van der Waals surface area contributed by atoms with Gasteiger partial charge in [0.25, 0.3) is 5.56 Å². The minimum Gasteiger partial charge on any atom is -0.345 e. The molecule has 0 spiro atoms. The third-order valence-corrected chi connectivity index (χ3v) is 6.46. The number of fused-ring (bicyclic) bond motifs is 2. The van der Waals surface area contributed by atoms with Crippen LogP contribution in [0.15, 0.2) is 35.4 Å². The van der Waals surface area contributed by atoms with E-state index in [-0.39, 0.29) is 11.5 Å². The van der Waals surface area contributed by atoms with Crippen LogP contribution in [0.4, 0.5) is 0 Å². The molecule has 0 aliphatic carbocycles. The zero-order valence-corrected chi connectivity index (χ0v) is 16.7. The molecule has 2 fully saturated rings. The van der Waals surface area contributed by atoms with Crippen LogP contribution in [0.1, 0.15) is 38.5 Å². The first kappa shape index (κ1) is 19.1. The summed E-state index contributed by atoms with van der Waals surface area (Å²) in [5.74, 6) is 0.682. The third-order valence-electron chi connectivity index (χ3n) is 6.46. The Morgan fingerprint density at radius 3 is 2.89 bits per heavy atom. The number of para-hydroxylation sites is 1. The van der Waals surface area contributed by atoms with Crippen LogP contribution in [0.5, 0.6) is 0 Å². The van der Waals surface area contributed by atoms with E-state index in [9.17, 15) is 9.59 Å². The Kier molecular flexibility index (Phi) is 5.76. The van der Waals surface area contributed by atoms with E-state index in [0.29, 0.717) is 35.8 Å². The van der Waals surface area contributed by atoms with Gasteiger partial charge >= 0.3 is 0 Å². The Bertz CT molecular complexity index is 891. The number of amides is 1. The van der Waals surface area contributed by atoms with E-state index in [1.165, 1.54) is 45.2 Å². The van der Waals surface area contributed by atoms with Gasteiger partial charge in [-0.3, -0.25) is 14.2 Å². The van der Waals surface area contributed by atoms with Crippen molar-refractivity contribution in [1.82, 2.24) is 19.4 Å². The van der Waals surface area contributed by atoms with Gasteiger partial charge in [0.15, 0.2) is 0 Å². The van der Waals surface area contributed by atoms with Gasteiger partial charge in [-0.1, -0.05) is 18.6 Å². The number of hydrogen-bond donors (Lipinski definition) is 0. The summed E-state index contributed by atoms with van der Waals surface area (Å²) in [5, 5.41) is 0.602. The van der Waals surface area contributed by atoms with E-state index in [1.807, 2.05) is 30.1 Å². The van der Waals surface area contributed by atoms with Gasteiger partial charge in [0, 0.05) is 32.6 Å². The number of nitrogens with zero attached hydrogens (tertiary/aromatic N) is 4. The number of carbonyl (C=O) groups excluding carboxylic acids is 1. The Hall–Kier alpha value is -2.21. The van der Waals surface area contributed by atoms with Crippen molar-refractivity contribution in [2.45, 2.75) is 51.1 Å². The highest BCUT2D eigenvalue weighted by molar-refractivity contribution is 5.77. The largest absolute Gasteiger partial charge is 0.345 e. The molecule has 2 aliphatic heterocycles. The fourth-order valence-electron chi connectivity index (χ4n) is 4.92. The molecule has 1 aromatic carbocycles. The van der Waals surface area contributed by atoms with E-state index in [2.05, 4.69) is 9.88 Å². The summed E-state index contributed by atoms with van der Waals surface area (Å²) in [6, 6.07) is 7.97. The second-order valence-corrected chi connectivity index (χ2v) is 8.29. The first-order chi connectivity index (χ1) is 13.6. The molecule has 0 N–H and O–H groups in total. The third kappa shape index (κ3) is 3.97. The molecule has 2 saturated heterocycles. The number of benzene rings is 1. The molecule has 1 amide bonds.